The molecule has 1 saturated heterocycles. The molecular weight excluding hydrogens is 180 g/mol. The van der Waals surface area contributed by atoms with Crippen LogP contribution in [0, 0.1) is 5.92 Å². The molecule has 0 radical (unpaired) electrons. The van der Waals surface area contributed by atoms with E-state index in [0.29, 0.717) is 5.92 Å². The monoisotopic (exact) mass is 196 g/mol. The molecule has 1 saturated carbocycles. The molecule has 1 unspecified atom stereocenters. The van der Waals surface area contributed by atoms with Crippen molar-refractivity contribution < 1.29 is 9.59 Å². The van der Waals surface area contributed by atoms with E-state index in [4.69, 9.17) is 0 Å². The fourth-order valence-electron chi connectivity index (χ4n) is 2.35. The van der Waals surface area contributed by atoms with E-state index in [1.165, 1.54) is 25.7 Å². The predicted molar refractivity (Wildman–Crippen MR) is 51.5 cm³/mol. The summed E-state index contributed by atoms with van der Waals surface area (Å²) in [5, 5.41) is 5.35. The number of imide groups is 1. The van der Waals surface area contributed by atoms with Gasteiger partial charge in [-0.3, -0.25) is 20.2 Å². The van der Waals surface area contributed by atoms with Crippen LogP contribution >= 0.6 is 0 Å². The number of piperazine rings is 1. The molecule has 4 nitrogen and oxygen atoms in total. The molecule has 0 aromatic rings. The number of rotatable bonds is 2. The normalized spacial score (nSPS) is 29.3. The SMILES string of the molecule is O=C1CNC(CC2CCCC2)C(=O)N1. The van der Waals surface area contributed by atoms with Crippen LogP contribution in [-0.4, -0.2) is 24.4 Å². The van der Waals surface area contributed by atoms with Crippen LogP contribution in [0.1, 0.15) is 32.1 Å². The van der Waals surface area contributed by atoms with Crippen molar-refractivity contribution in [2.24, 2.45) is 5.92 Å². The zero-order valence-electron chi connectivity index (χ0n) is 8.21. The van der Waals surface area contributed by atoms with Gasteiger partial charge in [-0.1, -0.05) is 25.7 Å². The molecule has 2 aliphatic rings. The Bertz CT molecular complexity index is 247. The van der Waals surface area contributed by atoms with Crippen molar-refractivity contribution in [2.45, 2.75) is 38.1 Å². The van der Waals surface area contributed by atoms with Gasteiger partial charge in [0.05, 0.1) is 12.6 Å². The second kappa shape index (κ2) is 4.09. The standard InChI is InChI=1S/C10H16N2O2/c13-9-6-11-8(10(14)12-9)5-7-3-1-2-4-7/h7-8,11H,1-6H2,(H,12,13,14). The van der Waals surface area contributed by atoms with E-state index in [9.17, 15) is 9.59 Å². The van der Waals surface area contributed by atoms with Crippen molar-refractivity contribution in [2.75, 3.05) is 6.54 Å². The van der Waals surface area contributed by atoms with E-state index in [1.54, 1.807) is 0 Å². The van der Waals surface area contributed by atoms with Gasteiger partial charge >= 0.3 is 0 Å². The topological polar surface area (TPSA) is 58.2 Å². The Kier molecular flexibility index (Phi) is 2.82. The smallest absolute Gasteiger partial charge is 0.243 e. The third-order valence-corrected chi connectivity index (χ3v) is 3.13. The minimum Gasteiger partial charge on any atom is -0.297 e. The molecule has 1 atom stereocenters. The van der Waals surface area contributed by atoms with Crippen LogP contribution in [0.3, 0.4) is 0 Å². The van der Waals surface area contributed by atoms with Crippen molar-refractivity contribution in [3.8, 4) is 0 Å². The maximum atomic E-state index is 11.4. The third kappa shape index (κ3) is 2.12. The van der Waals surface area contributed by atoms with Crippen molar-refractivity contribution in [1.29, 1.82) is 0 Å². The highest BCUT2D eigenvalue weighted by Gasteiger charge is 2.29. The van der Waals surface area contributed by atoms with Crippen LogP contribution in [0.5, 0.6) is 0 Å². The van der Waals surface area contributed by atoms with Crippen molar-refractivity contribution in [1.82, 2.24) is 10.6 Å². The lowest BCUT2D eigenvalue weighted by molar-refractivity contribution is -0.134. The summed E-state index contributed by atoms with van der Waals surface area (Å²) in [6.07, 6.45) is 5.94. The first-order valence-corrected chi connectivity index (χ1v) is 5.33. The van der Waals surface area contributed by atoms with Gasteiger partial charge in [0, 0.05) is 0 Å². The lowest BCUT2D eigenvalue weighted by atomic mass is 9.97. The van der Waals surface area contributed by atoms with Gasteiger partial charge in [0.2, 0.25) is 11.8 Å². The van der Waals surface area contributed by atoms with Crippen molar-refractivity contribution in [3.63, 3.8) is 0 Å². The van der Waals surface area contributed by atoms with Gasteiger partial charge < -0.3 is 0 Å². The molecule has 1 aliphatic heterocycles. The predicted octanol–water partition coefficient (Wildman–Crippen LogP) is 0.181. The first kappa shape index (κ1) is 9.65. The first-order valence-electron chi connectivity index (χ1n) is 5.33. The van der Waals surface area contributed by atoms with E-state index < -0.39 is 0 Å². The van der Waals surface area contributed by atoms with E-state index >= 15 is 0 Å². The zero-order valence-corrected chi connectivity index (χ0v) is 8.21. The number of nitrogens with one attached hydrogen (secondary N) is 2. The molecule has 2 rings (SSSR count). The Balaban J connectivity index is 1.85. The van der Waals surface area contributed by atoms with E-state index in [2.05, 4.69) is 10.6 Å². The first-order chi connectivity index (χ1) is 6.75. The van der Waals surface area contributed by atoms with Crippen LogP contribution in [-0.2, 0) is 9.59 Å². The largest absolute Gasteiger partial charge is 0.297 e. The molecule has 4 heteroatoms. The number of carbonyl (C=O) groups excluding carboxylic acids is 2. The number of amides is 2. The molecule has 1 heterocycles. The fourth-order valence-corrected chi connectivity index (χ4v) is 2.35. The molecule has 2 amide bonds. The molecule has 0 bridgehead atoms. The van der Waals surface area contributed by atoms with Gasteiger partial charge in [-0.2, -0.15) is 0 Å². The summed E-state index contributed by atoms with van der Waals surface area (Å²) >= 11 is 0. The fraction of sp³-hybridized carbons (Fsp3) is 0.800. The minimum atomic E-state index is -0.210. The van der Waals surface area contributed by atoms with Crippen LogP contribution in [0.25, 0.3) is 0 Å². The molecule has 0 spiro atoms. The van der Waals surface area contributed by atoms with E-state index in [-0.39, 0.29) is 24.4 Å². The Hall–Kier alpha value is -0.900. The molecule has 14 heavy (non-hydrogen) atoms. The summed E-state index contributed by atoms with van der Waals surface area (Å²) < 4.78 is 0. The van der Waals surface area contributed by atoms with Crippen LogP contribution < -0.4 is 10.6 Å². The maximum Gasteiger partial charge on any atom is 0.243 e. The van der Waals surface area contributed by atoms with Crippen LogP contribution in [0.2, 0.25) is 0 Å². The van der Waals surface area contributed by atoms with Crippen molar-refractivity contribution >= 4 is 11.8 Å². The van der Waals surface area contributed by atoms with Gasteiger partial charge in [-0.05, 0) is 12.3 Å². The Morgan fingerprint density at radius 3 is 2.57 bits per heavy atom. The van der Waals surface area contributed by atoms with Gasteiger partial charge in [-0.25, -0.2) is 0 Å². The summed E-state index contributed by atoms with van der Waals surface area (Å²) in [7, 11) is 0. The highest BCUT2D eigenvalue weighted by atomic mass is 16.2. The van der Waals surface area contributed by atoms with E-state index in [0.717, 1.165) is 6.42 Å². The highest BCUT2D eigenvalue weighted by molar-refractivity contribution is 6.01. The Morgan fingerprint density at radius 2 is 1.93 bits per heavy atom. The van der Waals surface area contributed by atoms with Gasteiger partial charge in [0.15, 0.2) is 0 Å². The van der Waals surface area contributed by atoms with Gasteiger partial charge in [0.25, 0.3) is 0 Å². The minimum absolute atomic E-state index is 0.143. The highest BCUT2D eigenvalue weighted by Crippen LogP contribution is 2.28. The van der Waals surface area contributed by atoms with E-state index in [1.807, 2.05) is 0 Å². The second-order valence-corrected chi connectivity index (χ2v) is 4.23. The lowest BCUT2D eigenvalue weighted by Gasteiger charge is -2.24. The molecule has 0 aromatic carbocycles. The number of carbonyl (C=O) groups is 2. The Morgan fingerprint density at radius 1 is 1.21 bits per heavy atom. The quantitative estimate of drug-likeness (QED) is 0.619. The Labute approximate surface area is 83.4 Å². The summed E-state index contributed by atoms with van der Waals surface area (Å²) in [4.78, 5) is 22.3. The molecule has 78 valence electrons. The summed E-state index contributed by atoms with van der Waals surface area (Å²) in [6, 6.07) is -0.143. The molecule has 2 fully saturated rings. The molecular formula is C10H16N2O2. The van der Waals surface area contributed by atoms with Crippen LogP contribution in [0.4, 0.5) is 0 Å². The summed E-state index contributed by atoms with van der Waals surface area (Å²) in [5.41, 5.74) is 0. The maximum absolute atomic E-state index is 11.4. The average molecular weight is 196 g/mol. The number of hydrogen-bond donors (Lipinski definition) is 2. The van der Waals surface area contributed by atoms with Crippen LogP contribution in [0.15, 0.2) is 0 Å². The third-order valence-electron chi connectivity index (χ3n) is 3.13. The molecule has 0 aromatic heterocycles. The summed E-state index contributed by atoms with van der Waals surface area (Å²) in [6.45, 7) is 0.281. The molecule has 2 N–H and O–H groups in total. The lowest BCUT2D eigenvalue weighted by Crippen LogP contribution is -2.56. The number of hydrogen-bond acceptors (Lipinski definition) is 3. The van der Waals surface area contributed by atoms with Crippen molar-refractivity contribution in [3.05, 3.63) is 0 Å². The molecule has 1 aliphatic carbocycles. The van der Waals surface area contributed by atoms with Gasteiger partial charge in [0.1, 0.15) is 0 Å². The summed E-state index contributed by atoms with van der Waals surface area (Å²) in [5.74, 6) is 0.317. The zero-order chi connectivity index (χ0) is 9.97. The average Bonchev–Trinajstić information content (AvgIpc) is 2.62. The second-order valence-electron chi connectivity index (χ2n) is 4.23. The van der Waals surface area contributed by atoms with Gasteiger partial charge in [-0.15, -0.1) is 0 Å².